The van der Waals surface area contributed by atoms with Crippen molar-refractivity contribution in [2.75, 3.05) is 45.2 Å². The smallest absolute Gasteiger partial charge is 0.223 e. The number of rotatable bonds is 9. The van der Waals surface area contributed by atoms with Crippen LogP contribution in [0.3, 0.4) is 0 Å². The van der Waals surface area contributed by atoms with E-state index in [1.54, 1.807) is 0 Å². The lowest BCUT2D eigenvalue weighted by molar-refractivity contribution is -0.127. The lowest BCUT2D eigenvalue weighted by Crippen LogP contribution is -2.40. The van der Waals surface area contributed by atoms with Crippen molar-refractivity contribution < 1.29 is 4.79 Å². The van der Waals surface area contributed by atoms with Crippen LogP contribution in [0.4, 0.5) is 5.69 Å². The highest BCUT2D eigenvalue weighted by Crippen LogP contribution is 2.18. The van der Waals surface area contributed by atoms with Gasteiger partial charge in [0, 0.05) is 58.3 Å². The summed E-state index contributed by atoms with van der Waals surface area (Å²) in [6.07, 6.45) is 1.51. The van der Waals surface area contributed by atoms with E-state index in [-0.39, 0.29) is 5.91 Å². The second-order valence-corrected chi connectivity index (χ2v) is 8.28. The number of amides is 1. The van der Waals surface area contributed by atoms with Crippen molar-refractivity contribution in [2.45, 2.75) is 26.3 Å². The van der Waals surface area contributed by atoms with Gasteiger partial charge in [-0.1, -0.05) is 42.5 Å². The molecule has 0 bridgehead atoms. The number of benzene rings is 2. The van der Waals surface area contributed by atoms with Crippen LogP contribution >= 0.6 is 0 Å². The zero-order chi connectivity index (χ0) is 22.1. The fourth-order valence-corrected chi connectivity index (χ4v) is 3.77. The second-order valence-electron chi connectivity index (χ2n) is 8.28. The van der Waals surface area contributed by atoms with Crippen LogP contribution in [-0.2, 0) is 17.8 Å². The summed E-state index contributed by atoms with van der Waals surface area (Å²) in [4.78, 5) is 21.2. The fourth-order valence-electron chi connectivity index (χ4n) is 3.77. The minimum Gasteiger partial charge on any atom is -0.378 e. The van der Waals surface area contributed by atoms with Crippen molar-refractivity contribution in [3.63, 3.8) is 0 Å². The summed E-state index contributed by atoms with van der Waals surface area (Å²) in [7, 11) is 4.08. The van der Waals surface area contributed by atoms with Crippen LogP contribution in [0.5, 0.6) is 0 Å². The molecule has 166 valence electrons. The third-order valence-electron chi connectivity index (χ3n) is 5.58. The molecule has 1 unspecified atom stereocenters. The first-order valence-electron chi connectivity index (χ1n) is 11.1. The van der Waals surface area contributed by atoms with E-state index in [1.807, 2.05) is 37.2 Å². The molecule has 2 N–H and O–H groups in total. The van der Waals surface area contributed by atoms with E-state index in [0.717, 1.165) is 38.6 Å². The van der Waals surface area contributed by atoms with Crippen molar-refractivity contribution in [3.05, 3.63) is 65.7 Å². The van der Waals surface area contributed by atoms with Gasteiger partial charge in [-0.15, -0.1) is 0 Å². The van der Waals surface area contributed by atoms with Gasteiger partial charge in [-0.3, -0.25) is 4.79 Å². The summed E-state index contributed by atoms with van der Waals surface area (Å²) in [5.41, 5.74) is 3.63. The summed E-state index contributed by atoms with van der Waals surface area (Å²) in [5.74, 6) is 1.37. The van der Waals surface area contributed by atoms with Gasteiger partial charge in [-0.05, 0) is 36.6 Å². The van der Waals surface area contributed by atoms with Gasteiger partial charge in [0.2, 0.25) is 5.91 Å². The molecule has 0 radical (unpaired) electrons. The van der Waals surface area contributed by atoms with E-state index < -0.39 is 0 Å². The summed E-state index contributed by atoms with van der Waals surface area (Å²) in [6.45, 7) is 5.83. The zero-order valence-corrected chi connectivity index (χ0v) is 19.0. The van der Waals surface area contributed by atoms with Crippen molar-refractivity contribution in [2.24, 2.45) is 10.9 Å². The molecule has 6 heteroatoms. The van der Waals surface area contributed by atoms with Crippen molar-refractivity contribution >= 4 is 17.6 Å². The molecule has 1 aliphatic heterocycles. The maximum absolute atomic E-state index is 12.4. The Morgan fingerprint density at radius 2 is 1.81 bits per heavy atom. The SMILES string of the molecule is CCNC(=NCc1ccc(N(C)C)cc1)NCC1CC(=O)N(CCc2ccccc2)C1. The van der Waals surface area contributed by atoms with Gasteiger partial charge in [-0.2, -0.15) is 0 Å². The zero-order valence-electron chi connectivity index (χ0n) is 19.0. The number of aliphatic imine (C=N–C) groups is 1. The molecule has 0 aliphatic carbocycles. The molecule has 1 amide bonds. The lowest BCUT2D eigenvalue weighted by Gasteiger charge is -2.18. The van der Waals surface area contributed by atoms with Gasteiger partial charge in [0.1, 0.15) is 0 Å². The van der Waals surface area contributed by atoms with Gasteiger partial charge in [0.25, 0.3) is 0 Å². The number of likely N-dealkylation sites (tertiary alicyclic amines) is 1. The van der Waals surface area contributed by atoms with E-state index >= 15 is 0 Å². The molecule has 2 aromatic rings. The van der Waals surface area contributed by atoms with Crippen LogP contribution in [0.15, 0.2) is 59.6 Å². The molecule has 1 saturated heterocycles. The molecule has 0 aromatic heterocycles. The highest BCUT2D eigenvalue weighted by atomic mass is 16.2. The predicted octanol–water partition coefficient (Wildman–Crippen LogP) is 2.90. The Balaban J connectivity index is 1.48. The molecule has 2 aromatic carbocycles. The number of nitrogens with one attached hydrogen (secondary N) is 2. The Morgan fingerprint density at radius 3 is 2.48 bits per heavy atom. The first-order valence-corrected chi connectivity index (χ1v) is 11.1. The number of anilines is 1. The second kappa shape index (κ2) is 11.4. The molecule has 0 spiro atoms. The summed E-state index contributed by atoms with van der Waals surface area (Å²) in [5, 5.41) is 6.74. The molecule has 1 atom stereocenters. The van der Waals surface area contributed by atoms with Crippen LogP contribution in [0.2, 0.25) is 0 Å². The standard InChI is InChI=1S/C25H35N5O/c1-4-26-25(27-17-21-10-12-23(13-11-21)29(2)3)28-18-22-16-24(31)30(19-22)15-14-20-8-6-5-7-9-20/h5-13,22H,4,14-19H2,1-3H3,(H2,26,27,28). The van der Waals surface area contributed by atoms with Crippen molar-refractivity contribution in [1.82, 2.24) is 15.5 Å². The number of hydrogen-bond acceptors (Lipinski definition) is 3. The van der Waals surface area contributed by atoms with E-state index in [2.05, 4.69) is 58.9 Å². The Bertz CT molecular complexity index is 848. The molecule has 3 rings (SSSR count). The molecule has 31 heavy (non-hydrogen) atoms. The highest BCUT2D eigenvalue weighted by molar-refractivity contribution is 5.81. The Hall–Kier alpha value is -3.02. The Kier molecular flexibility index (Phi) is 8.33. The molecular weight excluding hydrogens is 386 g/mol. The van der Waals surface area contributed by atoms with Crippen LogP contribution in [-0.4, -0.2) is 57.0 Å². The molecule has 6 nitrogen and oxygen atoms in total. The molecule has 1 heterocycles. The minimum atomic E-state index is 0.255. The number of carbonyl (C=O) groups is 1. The maximum Gasteiger partial charge on any atom is 0.223 e. The highest BCUT2D eigenvalue weighted by Gasteiger charge is 2.29. The van der Waals surface area contributed by atoms with Gasteiger partial charge in [-0.25, -0.2) is 4.99 Å². The maximum atomic E-state index is 12.4. The first-order chi connectivity index (χ1) is 15.0. The van der Waals surface area contributed by atoms with E-state index in [1.165, 1.54) is 16.8 Å². The van der Waals surface area contributed by atoms with Crippen LogP contribution < -0.4 is 15.5 Å². The average molecular weight is 422 g/mol. The van der Waals surface area contributed by atoms with Crippen LogP contribution in [0.1, 0.15) is 24.5 Å². The summed E-state index contributed by atoms with van der Waals surface area (Å²) >= 11 is 0. The quantitative estimate of drug-likeness (QED) is 0.483. The number of nitrogens with zero attached hydrogens (tertiary/aromatic N) is 3. The van der Waals surface area contributed by atoms with Crippen molar-refractivity contribution in [3.8, 4) is 0 Å². The monoisotopic (exact) mass is 421 g/mol. The van der Waals surface area contributed by atoms with E-state index in [0.29, 0.717) is 18.9 Å². The number of hydrogen-bond donors (Lipinski definition) is 2. The van der Waals surface area contributed by atoms with Gasteiger partial charge >= 0.3 is 0 Å². The normalized spacial score (nSPS) is 16.5. The lowest BCUT2D eigenvalue weighted by atomic mass is 10.1. The fraction of sp³-hybridized carbons (Fsp3) is 0.440. The molecule has 1 aliphatic rings. The largest absolute Gasteiger partial charge is 0.378 e. The molecule has 1 fully saturated rings. The predicted molar refractivity (Wildman–Crippen MR) is 128 cm³/mol. The minimum absolute atomic E-state index is 0.255. The third kappa shape index (κ3) is 7.02. The summed E-state index contributed by atoms with van der Waals surface area (Å²) < 4.78 is 0. The van der Waals surface area contributed by atoms with E-state index in [9.17, 15) is 4.79 Å². The van der Waals surface area contributed by atoms with Gasteiger partial charge in [0.15, 0.2) is 5.96 Å². The van der Waals surface area contributed by atoms with Crippen LogP contribution in [0, 0.1) is 5.92 Å². The number of carbonyl (C=O) groups excluding carboxylic acids is 1. The Labute approximate surface area is 186 Å². The van der Waals surface area contributed by atoms with Crippen molar-refractivity contribution in [1.29, 1.82) is 0 Å². The van der Waals surface area contributed by atoms with Crippen LogP contribution in [0.25, 0.3) is 0 Å². The molecular formula is C25H35N5O. The number of guanidine groups is 1. The van der Waals surface area contributed by atoms with E-state index in [4.69, 9.17) is 4.99 Å². The average Bonchev–Trinajstić information content (AvgIpc) is 3.14. The van der Waals surface area contributed by atoms with Gasteiger partial charge in [0.05, 0.1) is 6.54 Å². The first kappa shape index (κ1) is 22.7. The van der Waals surface area contributed by atoms with Gasteiger partial charge < -0.3 is 20.4 Å². The molecule has 0 saturated carbocycles. The third-order valence-corrected chi connectivity index (χ3v) is 5.58. The topological polar surface area (TPSA) is 60.0 Å². The Morgan fingerprint density at radius 1 is 1.06 bits per heavy atom. The summed E-state index contributed by atoms with van der Waals surface area (Å²) in [6, 6.07) is 18.8.